The molecule has 0 aromatic rings. The fourth-order valence-corrected chi connectivity index (χ4v) is 1.80. The molecule has 56 valence electrons. The molecule has 0 spiro atoms. The van der Waals surface area contributed by atoms with Crippen LogP contribution in [0.1, 0.15) is 6.42 Å². The maximum atomic E-state index is 10.2. The summed E-state index contributed by atoms with van der Waals surface area (Å²) in [6.07, 6.45) is 2.53. The minimum absolute atomic E-state index is 0.421. The fraction of sp³-hybridized carbons (Fsp3) is 0.857. The summed E-state index contributed by atoms with van der Waals surface area (Å²) in [6.45, 7) is 2.38. The van der Waals surface area contributed by atoms with E-state index in [0.29, 0.717) is 18.7 Å². The van der Waals surface area contributed by atoms with Gasteiger partial charge in [-0.05, 0) is 6.42 Å². The first kappa shape index (κ1) is 6.31. The van der Waals surface area contributed by atoms with Crippen molar-refractivity contribution in [2.24, 2.45) is 0 Å². The van der Waals surface area contributed by atoms with Crippen LogP contribution in [-0.4, -0.2) is 43.0 Å². The molecule has 2 heterocycles. The molecule has 0 aromatic heterocycles. The lowest BCUT2D eigenvalue weighted by Crippen LogP contribution is -2.37. The highest BCUT2D eigenvalue weighted by molar-refractivity contribution is 5.52. The number of hydrogen-bond acceptors (Lipinski definition) is 3. The van der Waals surface area contributed by atoms with Crippen LogP contribution in [-0.2, 0) is 9.53 Å². The second kappa shape index (κ2) is 2.32. The third kappa shape index (κ3) is 0.859. The Hall–Kier alpha value is -0.410. The van der Waals surface area contributed by atoms with Crippen LogP contribution < -0.4 is 0 Å². The number of morpholine rings is 1. The molecule has 0 aromatic carbocycles. The van der Waals surface area contributed by atoms with Gasteiger partial charge in [-0.1, -0.05) is 0 Å². The summed E-state index contributed by atoms with van der Waals surface area (Å²) < 4.78 is 5.37. The van der Waals surface area contributed by atoms with Gasteiger partial charge in [-0.2, -0.15) is 0 Å². The number of carbonyl (C=O) groups is 1. The second-order valence-corrected chi connectivity index (χ2v) is 2.97. The molecule has 2 aliphatic heterocycles. The van der Waals surface area contributed by atoms with Gasteiger partial charge in [0.15, 0.2) is 0 Å². The van der Waals surface area contributed by atoms with E-state index in [1.165, 1.54) is 0 Å². The number of hydrogen-bond donors (Lipinski definition) is 0. The van der Waals surface area contributed by atoms with Gasteiger partial charge < -0.3 is 9.53 Å². The number of carbonyl (C=O) groups excluding carboxylic acids is 1. The molecule has 2 bridgehead atoms. The van der Waals surface area contributed by atoms with Gasteiger partial charge >= 0.3 is 0 Å². The van der Waals surface area contributed by atoms with Crippen LogP contribution >= 0.6 is 0 Å². The van der Waals surface area contributed by atoms with Crippen molar-refractivity contribution in [3.05, 3.63) is 0 Å². The number of ether oxygens (including phenoxy) is 1. The van der Waals surface area contributed by atoms with E-state index < -0.39 is 0 Å². The Balaban J connectivity index is 1.95. The topological polar surface area (TPSA) is 29.5 Å². The molecule has 2 fully saturated rings. The van der Waals surface area contributed by atoms with Crippen molar-refractivity contribution in [1.82, 2.24) is 4.90 Å². The van der Waals surface area contributed by atoms with Crippen LogP contribution in [0.5, 0.6) is 0 Å². The average Bonchev–Trinajstić information content (AvgIpc) is 2.48. The van der Waals surface area contributed by atoms with E-state index in [4.69, 9.17) is 4.74 Å². The summed E-state index contributed by atoms with van der Waals surface area (Å²) >= 11 is 0. The zero-order chi connectivity index (χ0) is 6.97. The first-order valence-electron chi connectivity index (χ1n) is 3.69. The number of fused-ring (bicyclic) bond motifs is 2. The first-order chi connectivity index (χ1) is 4.90. The van der Waals surface area contributed by atoms with Crippen molar-refractivity contribution >= 4 is 6.29 Å². The van der Waals surface area contributed by atoms with Crippen LogP contribution in [0.3, 0.4) is 0 Å². The summed E-state index contributed by atoms with van der Waals surface area (Å²) in [7, 11) is 0. The van der Waals surface area contributed by atoms with Gasteiger partial charge in [0, 0.05) is 12.6 Å². The zero-order valence-electron chi connectivity index (χ0n) is 5.82. The maximum absolute atomic E-state index is 10.2. The molecule has 0 saturated carbocycles. The molecule has 0 unspecified atom stereocenters. The number of nitrogens with zero attached hydrogens (tertiary/aromatic N) is 1. The maximum Gasteiger partial charge on any atom is 0.133 e. The van der Waals surface area contributed by atoms with Crippen LogP contribution in [0.15, 0.2) is 0 Å². The summed E-state index contributed by atoms with van der Waals surface area (Å²) in [4.78, 5) is 12.4. The molecule has 0 aliphatic carbocycles. The van der Waals surface area contributed by atoms with E-state index in [9.17, 15) is 4.79 Å². The SMILES string of the molecule is O=CCN1C[C@@H]2C[C@@H]1CO2. The number of aldehydes is 1. The quantitative estimate of drug-likeness (QED) is 0.493. The van der Waals surface area contributed by atoms with E-state index in [-0.39, 0.29) is 0 Å². The third-order valence-electron chi connectivity index (χ3n) is 2.32. The molecule has 3 nitrogen and oxygen atoms in total. The van der Waals surface area contributed by atoms with Crippen molar-refractivity contribution in [1.29, 1.82) is 0 Å². The molecule has 2 aliphatic rings. The van der Waals surface area contributed by atoms with Gasteiger partial charge in [-0.15, -0.1) is 0 Å². The second-order valence-electron chi connectivity index (χ2n) is 2.97. The Labute approximate surface area is 60.0 Å². The van der Waals surface area contributed by atoms with Gasteiger partial charge in [0.25, 0.3) is 0 Å². The summed E-state index contributed by atoms with van der Waals surface area (Å²) in [5.74, 6) is 0. The lowest BCUT2D eigenvalue weighted by atomic mass is 10.2. The molecule has 2 atom stereocenters. The van der Waals surface area contributed by atoms with Gasteiger partial charge in [0.05, 0.1) is 19.3 Å². The molecule has 2 rings (SSSR count). The Morgan fingerprint density at radius 3 is 3.10 bits per heavy atom. The lowest BCUT2D eigenvalue weighted by molar-refractivity contribution is -0.109. The smallest absolute Gasteiger partial charge is 0.133 e. The van der Waals surface area contributed by atoms with Crippen LogP contribution in [0.2, 0.25) is 0 Å². The van der Waals surface area contributed by atoms with Crippen molar-refractivity contribution < 1.29 is 9.53 Å². The van der Waals surface area contributed by atoms with Crippen molar-refractivity contribution in [3.8, 4) is 0 Å². The van der Waals surface area contributed by atoms with Crippen LogP contribution in [0, 0.1) is 0 Å². The number of likely N-dealkylation sites (tertiary alicyclic amines) is 1. The van der Waals surface area contributed by atoms with Crippen molar-refractivity contribution in [3.63, 3.8) is 0 Å². The van der Waals surface area contributed by atoms with Crippen LogP contribution in [0.4, 0.5) is 0 Å². The van der Waals surface area contributed by atoms with E-state index in [1.807, 2.05) is 0 Å². The van der Waals surface area contributed by atoms with E-state index in [0.717, 1.165) is 25.9 Å². The van der Waals surface area contributed by atoms with Crippen LogP contribution in [0.25, 0.3) is 0 Å². The predicted molar refractivity (Wildman–Crippen MR) is 35.8 cm³/mol. The van der Waals surface area contributed by atoms with E-state index in [1.54, 1.807) is 0 Å². The summed E-state index contributed by atoms with van der Waals surface area (Å²) in [5, 5.41) is 0. The Bertz CT molecular complexity index is 149. The van der Waals surface area contributed by atoms with Crippen molar-refractivity contribution in [2.75, 3.05) is 19.7 Å². The summed E-state index contributed by atoms with van der Waals surface area (Å²) in [6, 6.07) is 0.537. The van der Waals surface area contributed by atoms with E-state index >= 15 is 0 Å². The van der Waals surface area contributed by atoms with E-state index in [2.05, 4.69) is 4.90 Å². The molecular formula is C7H11NO2. The lowest BCUT2D eigenvalue weighted by Gasteiger charge is -2.23. The largest absolute Gasteiger partial charge is 0.375 e. The number of rotatable bonds is 2. The standard InChI is InChI=1S/C7H11NO2/c9-2-1-8-4-7-3-6(8)5-10-7/h2,6-7H,1,3-5H2/t6-,7+/m1/s1. The summed E-state index contributed by atoms with van der Waals surface area (Å²) in [5.41, 5.74) is 0. The predicted octanol–water partition coefficient (Wildman–Crippen LogP) is -0.342. The first-order valence-corrected chi connectivity index (χ1v) is 3.69. The molecule has 2 saturated heterocycles. The highest BCUT2D eigenvalue weighted by Crippen LogP contribution is 2.26. The fourth-order valence-electron chi connectivity index (χ4n) is 1.80. The average molecular weight is 141 g/mol. The van der Waals surface area contributed by atoms with Gasteiger partial charge in [-0.3, -0.25) is 4.90 Å². The monoisotopic (exact) mass is 141 g/mol. The minimum atomic E-state index is 0.421. The Kier molecular flexibility index (Phi) is 1.47. The molecule has 3 heteroatoms. The highest BCUT2D eigenvalue weighted by atomic mass is 16.5. The molecular weight excluding hydrogens is 130 g/mol. The molecule has 0 radical (unpaired) electrons. The normalized spacial score (nSPS) is 38.8. The van der Waals surface area contributed by atoms with Crippen molar-refractivity contribution in [2.45, 2.75) is 18.6 Å². The molecule has 10 heavy (non-hydrogen) atoms. The Morgan fingerprint density at radius 2 is 2.60 bits per heavy atom. The third-order valence-corrected chi connectivity index (χ3v) is 2.32. The van der Waals surface area contributed by atoms with Gasteiger partial charge in [0.1, 0.15) is 6.29 Å². The minimum Gasteiger partial charge on any atom is -0.375 e. The Morgan fingerprint density at radius 1 is 1.70 bits per heavy atom. The highest BCUT2D eigenvalue weighted by Gasteiger charge is 2.38. The molecule has 0 amide bonds. The van der Waals surface area contributed by atoms with Gasteiger partial charge in [0.2, 0.25) is 0 Å². The zero-order valence-corrected chi connectivity index (χ0v) is 5.82. The van der Waals surface area contributed by atoms with Gasteiger partial charge in [-0.25, -0.2) is 0 Å². The molecule has 0 N–H and O–H groups in total.